The number of nitrogens with zero attached hydrogens (tertiary/aromatic N) is 1. The first-order valence-corrected chi connectivity index (χ1v) is 15.3. The fourth-order valence-electron chi connectivity index (χ4n) is 4.88. The van der Waals surface area contributed by atoms with Crippen LogP contribution in [0.4, 0.5) is 0 Å². The van der Waals surface area contributed by atoms with Gasteiger partial charge in [0.2, 0.25) is 6.79 Å². The number of phosphoric acid groups is 1. The number of rotatable bonds is 11. The van der Waals surface area contributed by atoms with Crippen LogP contribution in [-0.4, -0.2) is 11.8 Å². The molecule has 1 aliphatic heterocycles. The Morgan fingerprint density at radius 2 is 1.27 bits per heavy atom. The van der Waals surface area contributed by atoms with Crippen LogP contribution in [0.25, 0.3) is 32.9 Å². The van der Waals surface area contributed by atoms with Crippen LogP contribution in [0.5, 0.6) is 17.2 Å². The predicted molar refractivity (Wildman–Crippen MR) is 164 cm³/mol. The molecule has 0 saturated heterocycles. The van der Waals surface area contributed by atoms with Gasteiger partial charge in [0.1, 0.15) is 19.0 Å². The van der Waals surface area contributed by atoms with E-state index in [2.05, 4.69) is 0 Å². The van der Waals surface area contributed by atoms with Gasteiger partial charge in [-0.05, 0) is 28.0 Å². The van der Waals surface area contributed by atoms with Crippen molar-refractivity contribution in [2.24, 2.45) is 0 Å². The predicted octanol–water partition coefficient (Wildman–Crippen LogP) is 8.57. The highest BCUT2D eigenvalue weighted by atomic mass is 31.2. The van der Waals surface area contributed by atoms with E-state index in [1.165, 1.54) is 0 Å². The maximum absolute atomic E-state index is 14.1. The monoisotopic (exact) mass is 607 g/mol. The third-order valence-corrected chi connectivity index (χ3v) is 7.96. The Balaban J connectivity index is 1.26. The highest BCUT2D eigenvalue weighted by molar-refractivity contribution is 7.48. The van der Waals surface area contributed by atoms with Crippen LogP contribution in [0.2, 0.25) is 0 Å². The number of hydrogen-bond acceptors (Lipinski definition) is 9. The van der Waals surface area contributed by atoms with E-state index in [9.17, 15) is 4.57 Å². The molecule has 0 atom stereocenters. The standard InChI is InChI=1S/C34H26NO8P/c36-44(42-39-21-24-10-3-1-4-11-24,43-40-22-25-12-5-2-6-13-25)41-32-19-30(28-17-9-15-26-14-7-8-16-27(26)28)35-31-20-34-33(18-29(31)32)37-23-38-34/h1-20H,21-23H2. The van der Waals surface area contributed by atoms with Gasteiger partial charge in [-0.25, -0.2) is 19.3 Å². The normalized spacial score (nSPS) is 12.5. The summed E-state index contributed by atoms with van der Waals surface area (Å²) in [5.74, 6) is 1.20. The Morgan fingerprint density at radius 1 is 0.659 bits per heavy atom. The van der Waals surface area contributed by atoms with Gasteiger partial charge in [-0.3, -0.25) is 0 Å². The zero-order chi connectivity index (χ0) is 29.8. The van der Waals surface area contributed by atoms with Crippen molar-refractivity contribution in [2.75, 3.05) is 6.79 Å². The Hall–Kier alpha value is -4.76. The minimum absolute atomic E-state index is 0.00668. The molecule has 0 bridgehead atoms. The largest absolute Gasteiger partial charge is 0.585 e. The summed E-state index contributed by atoms with van der Waals surface area (Å²) in [4.78, 5) is 15.6. The topological polar surface area (TPSA) is 94.6 Å². The third kappa shape index (κ3) is 6.14. The van der Waals surface area contributed by atoms with E-state index in [-0.39, 0.29) is 25.8 Å². The fourth-order valence-corrected chi connectivity index (χ4v) is 5.72. The molecule has 0 saturated carbocycles. The van der Waals surface area contributed by atoms with E-state index >= 15 is 0 Å². The molecule has 10 heteroatoms. The molecule has 44 heavy (non-hydrogen) atoms. The van der Waals surface area contributed by atoms with Crippen LogP contribution >= 0.6 is 7.82 Å². The van der Waals surface area contributed by atoms with Crippen molar-refractivity contribution >= 4 is 29.5 Å². The molecule has 220 valence electrons. The lowest BCUT2D eigenvalue weighted by atomic mass is 10.0. The zero-order valence-electron chi connectivity index (χ0n) is 23.3. The van der Waals surface area contributed by atoms with E-state index in [0.717, 1.165) is 27.5 Å². The lowest BCUT2D eigenvalue weighted by Crippen LogP contribution is -2.06. The van der Waals surface area contributed by atoms with Crippen molar-refractivity contribution in [2.45, 2.75) is 13.2 Å². The first kappa shape index (κ1) is 28.0. The molecule has 1 aromatic heterocycles. The van der Waals surface area contributed by atoms with Crippen molar-refractivity contribution in [1.82, 2.24) is 4.98 Å². The fraction of sp³-hybridized carbons (Fsp3) is 0.0882. The summed E-state index contributed by atoms with van der Waals surface area (Å²) < 4.78 is 42.1. The van der Waals surface area contributed by atoms with E-state index in [1.807, 2.05) is 103 Å². The number of benzene rings is 5. The number of pyridine rings is 1. The third-order valence-electron chi connectivity index (χ3n) is 6.97. The Morgan fingerprint density at radius 3 is 1.98 bits per heavy atom. The van der Waals surface area contributed by atoms with Gasteiger partial charge in [0.05, 0.1) is 11.2 Å². The van der Waals surface area contributed by atoms with Gasteiger partial charge in [-0.15, -0.1) is 9.35 Å². The highest BCUT2D eigenvalue weighted by Gasteiger charge is 2.34. The van der Waals surface area contributed by atoms with Crippen molar-refractivity contribution in [1.29, 1.82) is 0 Å². The molecule has 0 aliphatic carbocycles. The molecule has 0 amide bonds. The maximum Gasteiger partial charge on any atom is 0.585 e. The van der Waals surface area contributed by atoms with Gasteiger partial charge >= 0.3 is 7.82 Å². The molecule has 2 heterocycles. The Bertz CT molecular complexity index is 1920. The minimum atomic E-state index is -4.54. The summed E-state index contributed by atoms with van der Waals surface area (Å²) in [6.45, 7) is 0.0595. The summed E-state index contributed by atoms with van der Waals surface area (Å²) in [5, 5.41) is 2.53. The Kier molecular flexibility index (Phi) is 7.94. The molecule has 0 fully saturated rings. The van der Waals surface area contributed by atoms with E-state index in [0.29, 0.717) is 28.1 Å². The van der Waals surface area contributed by atoms with Crippen LogP contribution in [0.15, 0.2) is 121 Å². The zero-order valence-corrected chi connectivity index (χ0v) is 24.2. The first-order valence-electron chi connectivity index (χ1n) is 13.9. The Labute approximate surface area is 252 Å². The van der Waals surface area contributed by atoms with Gasteiger partial charge in [0, 0.05) is 23.1 Å². The summed E-state index contributed by atoms with van der Waals surface area (Å²) in [5.41, 5.74) is 3.54. The number of aromatic nitrogens is 1. The molecular formula is C34H26NO8P. The molecule has 0 N–H and O–H groups in total. The highest BCUT2D eigenvalue weighted by Crippen LogP contribution is 2.53. The summed E-state index contributed by atoms with van der Waals surface area (Å²) in [6.07, 6.45) is 0. The molecule has 0 spiro atoms. The lowest BCUT2D eigenvalue weighted by Gasteiger charge is -2.18. The molecule has 6 aromatic rings. The molecule has 5 aromatic carbocycles. The number of ether oxygens (including phenoxy) is 2. The van der Waals surface area contributed by atoms with Crippen LogP contribution in [0, 0.1) is 0 Å². The summed E-state index contributed by atoms with van der Waals surface area (Å²) in [6, 6.07) is 37.7. The van der Waals surface area contributed by atoms with Gasteiger partial charge in [0.25, 0.3) is 0 Å². The number of fused-ring (bicyclic) bond motifs is 3. The molecule has 0 unspecified atom stereocenters. The van der Waals surface area contributed by atoms with Crippen LogP contribution < -0.4 is 14.0 Å². The van der Waals surface area contributed by atoms with Crippen molar-refractivity contribution in [3.8, 4) is 28.5 Å². The molecular weight excluding hydrogens is 581 g/mol. The first-order chi connectivity index (χ1) is 21.6. The van der Waals surface area contributed by atoms with Crippen molar-refractivity contribution in [3.63, 3.8) is 0 Å². The summed E-state index contributed by atoms with van der Waals surface area (Å²) >= 11 is 0. The molecule has 1 aliphatic rings. The quantitative estimate of drug-likeness (QED) is 0.0815. The lowest BCUT2D eigenvalue weighted by molar-refractivity contribution is -0.287. The number of hydrogen-bond donors (Lipinski definition) is 0. The minimum Gasteiger partial charge on any atom is -0.454 e. The average molecular weight is 608 g/mol. The smallest absolute Gasteiger partial charge is 0.454 e. The second-order valence-corrected chi connectivity index (χ2v) is 11.3. The molecule has 9 nitrogen and oxygen atoms in total. The van der Waals surface area contributed by atoms with Crippen molar-refractivity contribution < 1.29 is 37.7 Å². The van der Waals surface area contributed by atoms with E-state index < -0.39 is 7.82 Å². The van der Waals surface area contributed by atoms with Crippen molar-refractivity contribution in [3.05, 3.63) is 132 Å². The van der Waals surface area contributed by atoms with Gasteiger partial charge in [-0.1, -0.05) is 103 Å². The van der Waals surface area contributed by atoms with Crippen LogP contribution in [0.1, 0.15) is 11.1 Å². The maximum atomic E-state index is 14.1. The summed E-state index contributed by atoms with van der Waals surface area (Å²) in [7, 11) is -4.54. The van der Waals surface area contributed by atoms with E-state index in [1.54, 1.807) is 18.2 Å². The average Bonchev–Trinajstić information content (AvgIpc) is 3.52. The molecule has 0 radical (unpaired) electrons. The van der Waals surface area contributed by atoms with Gasteiger partial charge < -0.3 is 14.0 Å². The van der Waals surface area contributed by atoms with Crippen LogP contribution in [0.3, 0.4) is 0 Å². The van der Waals surface area contributed by atoms with E-state index in [4.69, 9.17) is 38.1 Å². The second kappa shape index (κ2) is 12.5. The van der Waals surface area contributed by atoms with Gasteiger partial charge in [0.15, 0.2) is 11.5 Å². The van der Waals surface area contributed by atoms with Crippen LogP contribution in [-0.2, 0) is 36.9 Å². The molecule has 7 rings (SSSR count). The second-order valence-electron chi connectivity index (χ2n) is 9.94. The SMILES string of the molecule is O=P(OOCc1ccccc1)(OOCc1ccccc1)Oc1cc(-c2cccc3ccccc23)nc2cc3c(cc12)OCO3. The van der Waals surface area contributed by atoms with Gasteiger partial charge in [-0.2, -0.15) is 0 Å².